The zero-order valence-electron chi connectivity index (χ0n) is 26.1. The van der Waals surface area contributed by atoms with Crippen molar-refractivity contribution in [2.24, 2.45) is 11.3 Å². The van der Waals surface area contributed by atoms with Crippen LogP contribution in [0, 0.1) is 11.3 Å². The highest BCUT2D eigenvalue weighted by Crippen LogP contribution is 2.32. The summed E-state index contributed by atoms with van der Waals surface area (Å²) in [7, 11) is 5.10. The van der Waals surface area contributed by atoms with Gasteiger partial charge in [-0.25, -0.2) is 0 Å². The smallest absolute Gasteiger partial charge is 0.323 e. The summed E-state index contributed by atoms with van der Waals surface area (Å²) in [6.07, 6.45) is 26.4. The zero-order valence-corrected chi connectivity index (χ0v) is 26.1. The standard InChI is InChI=1S/C21H32O4.C13H20O4/c1-5-7-9-11-13-15-17-21(19(22)24-3,20(23)25-4)18-16-14-12-10-8-6-2;1-4-5-6-7-8-9-10-11(12(14)16-2)13(15)17-3/h5-6,13-16H,1-2,7-12,17-18H2,3-4H3;4,8-9,11H,1,5-7,10H2,2-3H3/b15-13+,16-14+;9-8+. The molecule has 0 heterocycles. The number of hydrogen-bond acceptors (Lipinski definition) is 8. The van der Waals surface area contributed by atoms with Gasteiger partial charge < -0.3 is 18.9 Å². The molecule has 42 heavy (non-hydrogen) atoms. The van der Waals surface area contributed by atoms with Crippen molar-refractivity contribution >= 4 is 23.9 Å². The molecule has 0 aliphatic heterocycles. The van der Waals surface area contributed by atoms with Gasteiger partial charge in [0.25, 0.3) is 0 Å². The summed E-state index contributed by atoms with van der Waals surface area (Å²) >= 11 is 0. The first kappa shape index (κ1) is 40.5. The summed E-state index contributed by atoms with van der Waals surface area (Å²) in [5.74, 6) is -3.11. The number of allylic oxidation sites excluding steroid dienone is 9. The Kier molecular flexibility index (Phi) is 26.5. The maximum atomic E-state index is 12.3. The maximum Gasteiger partial charge on any atom is 0.323 e. The van der Waals surface area contributed by atoms with Gasteiger partial charge in [0.05, 0.1) is 28.4 Å². The molecule has 0 N–H and O–H groups in total. The normalized spacial score (nSPS) is 11.2. The van der Waals surface area contributed by atoms with E-state index in [2.05, 4.69) is 29.2 Å². The van der Waals surface area contributed by atoms with Gasteiger partial charge in [-0.05, 0) is 77.0 Å². The van der Waals surface area contributed by atoms with Crippen LogP contribution in [0.4, 0.5) is 0 Å². The Morgan fingerprint density at radius 3 is 1.21 bits per heavy atom. The molecule has 0 saturated carbocycles. The fourth-order valence-corrected chi connectivity index (χ4v) is 3.76. The number of rotatable bonds is 22. The Morgan fingerprint density at radius 1 is 0.548 bits per heavy atom. The lowest BCUT2D eigenvalue weighted by atomic mass is 9.80. The topological polar surface area (TPSA) is 105 Å². The number of esters is 4. The van der Waals surface area contributed by atoms with Crippen LogP contribution in [0.15, 0.2) is 74.4 Å². The van der Waals surface area contributed by atoms with E-state index >= 15 is 0 Å². The minimum absolute atomic E-state index is 0.261. The summed E-state index contributed by atoms with van der Waals surface area (Å²) in [4.78, 5) is 47.3. The SMILES string of the molecule is C=CCCC/C=C/CC(C(=O)OC)C(=O)OC.C=CCCC/C=C/CC(C/C=C/CCCC=C)(C(=O)OC)C(=O)OC. The highest BCUT2D eigenvalue weighted by atomic mass is 16.6. The lowest BCUT2D eigenvalue weighted by Gasteiger charge is -2.25. The van der Waals surface area contributed by atoms with E-state index in [1.807, 2.05) is 54.7 Å². The third-order valence-corrected chi connectivity index (χ3v) is 6.27. The van der Waals surface area contributed by atoms with Crippen molar-refractivity contribution < 1.29 is 38.1 Å². The number of unbranched alkanes of at least 4 members (excludes halogenated alkanes) is 6. The third kappa shape index (κ3) is 17.9. The molecule has 0 aromatic rings. The summed E-state index contributed by atoms with van der Waals surface area (Å²) in [5.41, 5.74) is -1.33. The van der Waals surface area contributed by atoms with E-state index < -0.39 is 35.2 Å². The molecule has 0 aliphatic carbocycles. The van der Waals surface area contributed by atoms with Crippen LogP contribution in [0.25, 0.3) is 0 Å². The second-order valence-electron chi connectivity index (χ2n) is 9.38. The molecule has 0 bridgehead atoms. The summed E-state index contributed by atoms with van der Waals surface area (Å²) in [5, 5.41) is 0. The lowest BCUT2D eigenvalue weighted by Crippen LogP contribution is -2.40. The molecule has 0 spiro atoms. The van der Waals surface area contributed by atoms with Crippen LogP contribution in [-0.4, -0.2) is 52.3 Å². The molecule has 0 fully saturated rings. The molecule has 8 nitrogen and oxygen atoms in total. The number of carbonyl (C=O) groups is 4. The third-order valence-electron chi connectivity index (χ3n) is 6.27. The molecule has 0 atom stereocenters. The average molecular weight is 589 g/mol. The minimum Gasteiger partial charge on any atom is -0.468 e. The quantitative estimate of drug-likeness (QED) is 0.0431. The van der Waals surface area contributed by atoms with Gasteiger partial charge in [-0.1, -0.05) is 54.7 Å². The average Bonchev–Trinajstić information content (AvgIpc) is 3.01. The molecule has 236 valence electrons. The van der Waals surface area contributed by atoms with Crippen molar-refractivity contribution in [1.29, 1.82) is 0 Å². The van der Waals surface area contributed by atoms with Gasteiger partial charge in [0.1, 0.15) is 0 Å². The van der Waals surface area contributed by atoms with E-state index in [-0.39, 0.29) is 12.8 Å². The Bertz CT molecular complexity index is 837. The fourth-order valence-electron chi connectivity index (χ4n) is 3.76. The van der Waals surface area contributed by atoms with Crippen LogP contribution >= 0.6 is 0 Å². The molecule has 0 saturated heterocycles. The molecular formula is C34H52O8. The molecule has 0 aliphatic rings. The highest BCUT2D eigenvalue weighted by molar-refractivity contribution is 6.00. The van der Waals surface area contributed by atoms with Crippen LogP contribution in [0.5, 0.6) is 0 Å². The predicted molar refractivity (Wildman–Crippen MR) is 167 cm³/mol. The van der Waals surface area contributed by atoms with Crippen molar-refractivity contribution in [3.05, 3.63) is 74.4 Å². The molecule has 0 unspecified atom stereocenters. The number of ether oxygens (including phenoxy) is 4. The van der Waals surface area contributed by atoms with E-state index in [1.54, 1.807) is 0 Å². The van der Waals surface area contributed by atoms with E-state index in [4.69, 9.17) is 9.47 Å². The van der Waals surface area contributed by atoms with Crippen LogP contribution in [-0.2, 0) is 38.1 Å². The second-order valence-corrected chi connectivity index (χ2v) is 9.38. The summed E-state index contributed by atoms with van der Waals surface area (Å²) < 4.78 is 18.9. The van der Waals surface area contributed by atoms with Gasteiger partial charge in [-0.15, -0.1) is 19.7 Å². The molecule has 0 aromatic carbocycles. The van der Waals surface area contributed by atoms with Gasteiger partial charge in [0.15, 0.2) is 11.3 Å². The largest absolute Gasteiger partial charge is 0.468 e. The van der Waals surface area contributed by atoms with Gasteiger partial charge in [-0.2, -0.15) is 0 Å². The maximum absolute atomic E-state index is 12.3. The van der Waals surface area contributed by atoms with Crippen molar-refractivity contribution in [1.82, 2.24) is 0 Å². The van der Waals surface area contributed by atoms with Gasteiger partial charge in [-0.3, -0.25) is 19.2 Å². The molecule has 0 rings (SSSR count). The van der Waals surface area contributed by atoms with Crippen LogP contribution < -0.4 is 0 Å². The van der Waals surface area contributed by atoms with Gasteiger partial charge >= 0.3 is 23.9 Å². The predicted octanol–water partition coefficient (Wildman–Crippen LogP) is 7.18. The van der Waals surface area contributed by atoms with E-state index in [0.717, 1.165) is 57.8 Å². The first-order chi connectivity index (χ1) is 20.3. The van der Waals surface area contributed by atoms with E-state index in [9.17, 15) is 19.2 Å². The molecule has 0 aromatic heterocycles. The Labute approximate surface area is 253 Å². The lowest BCUT2D eigenvalue weighted by molar-refractivity contribution is -0.169. The highest BCUT2D eigenvalue weighted by Gasteiger charge is 2.46. The number of carbonyl (C=O) groups excluding carboxylic acids is 4. The first-order valence-electron chi connectivity index (χ1n) is 14.4. The monoisotopic (exact) mass is 588 g/mol. The van der Waals surface area contributed by atoms with Gasteiger partial charge in [0, 0.05) is 0 Å². The van der Waals surface area contributed by atoms with Crippen molar-refractivity contribution in [3.63, 3.8) is 0 Å². The zero-order chi connectivity index (χ0) is 32.1. The van der Waals surface area contributed by atoms with Gasteiger partial charge in [0.2, 0.25) is 0 Å². The van der Waals surface area contributed by atoms with Crippen LogP contribution in [0.1, 0.15) is 77.0 Å². The fraction of sp³-hybridized carbons (Fsp3) is 0.529. The van der Waals surface area contributed by atoms with Crippen LogP contribution in [0.3, 0.4) is 0 Å². The Morgan fingerprint density at radius 2 is 0.905 bits per heavy atom. The molecule has 0 amide bonds. The van der Waals surface area contributed by atoms with E-state index in [1.165, 1.54) is 28.4 Å². The first-order valence-corrected chi connectivity index (χ1v) is 14.4. The minimum atomic E-state index is -1.33. The molecule has 8 heteroatoms. The molecular weight excluding hydrogens is 536 g/mol. The number of methoxy groups -OCH3 is 4. The summed E-state index contributed by atoms with van der Waals surface area (Å²) in [6.45, 7) is 11.0. The Balaban J connectivity index is 0. The second kappa shape index (κ2) is 27.5. The molecule has 0 radical (unpaired) electrons. The Hall–Kier alpha value is -3.68. The van der Waals surface area contributed by atoms with Crippen molar-refractivity contribution in [2.45, 2.75) is 77.0 Å². The van der Waals surface area contributed by atoms with Crippen molar-refractivity contribution in [3.8, 4) is 0 Å². The van der Waals surface area contributed by atoms with Crippen LogP contribution in [0.2, 0.25) is 0 Å². The van der Waals surface area contributed by atoms with E-state index in [0.29, 0.717) is 6.42 Å². The number of hydrogen-bond donors (Lipinski definition) is 0. The summed E-state index contributed by atoms with van der Waals surface area (Å²) in [6, 6.07) is 0. The van der Waals surface area contributed by atoms with Crippen molar-refractivity contribution in [2.75, 3.05) is 28.4 Å².